The van der Waals surface area contributed by atoms with Crippen LogP contribution >= 0.6 is 0 Å². The molecule has 2 N–H and O–H groups in total. The van der Waals surface area contributed by atoms with Crippen molar-refractivity contribution in [1.82, 2.24) is 5.32 Å². The van der Waals surface area contributed by atoms with Crippen LogP contribution in [0.15, 0.2) is 12.2 Å². The van der Waals surface area contributed by atoms with E-state index in [1.807, 2.05) is 6.08 Å². The fraction of sp³-hybridized carbons (Fsp3) is 0.733. The minimum absolute atomic E-state index is 0.0881. The summed E-state index contributed by atoms with van der Waals surface area (Å²) in [6.45, 7) is 7.89. The number of rotatable bonds is 11. The summed E-state index contributed by atoms with van der Waals surface area (Å²) < 4.78 is 5.12. The number of hydrogen-bond acceptors (Lipinski definition) is 3. The van der Waals surface area contributed by atoms with Gasteiger partial charge >= 0.3 is 12.1 Å². The van der Waals surface area contributed by atoms with Crippen LogP contribution in [0.4, 0.5) is 4.79 Å². The van der Waals surface area contributed by atoms with E-state index in [9.17, 15) is 9.59 Å². The number of amides is 1. The van der Waals surface area contributed by atoms with E-state index in [4.69, 9.17) is 9.84 Å². The molecule has 0 fully saturated rings. The van der Waals surface area contributed by atoms with Gasteiger partial charge in [0.2, 0.25) is 0 Å². The van der Waals surface area contributed by atoms with Crippen LogP contribution in [0.3, 0.4) is 0 Å². The largest absolute Gasteiger partial charge is 0.481 e. The normalized spacial score (nSPS) is 11.6. The third kappa shape index (κ3) is 16.6. The van der Waals surface area contributed by atoms with Gasteiger partial charge in [-0.15, -0.1) is 0 Å². The average molecular weight is 315 g/mol. The number of alkyl carbamates (subject to hydrolysis) is 1. The molecular weight excluding hydrogens is 286 g/mol. The van der Waals surface area contributed by atoms with Gasteiger partial charge in [0.1, 0.15) is 0 Å². The lowest BCUT2D eigenvalue weighted by molar-refractivity contribution is -0.136. The van der Waals surface area contributed by atoms with E-state index < -0.39 is 14.0 Å². The highest BCUT2D eigenvalue weighted by atomic mass is 28.3. The van der Waals surface area contributed by atoms with Gasteiger partial charge in [-0.05, 0) is 25.3 Å². The van der Waals surface area contributed by atoms with Crippen LogP contribution in [0.5, 0.6) is 0 Å². The van der Waals surface area contributed by atoms with Gasteiger partial charge in [-0.3, -0.25) is 4.79 Å². The average Bonchev–Trinajstić information content (AvgIpc) is 2.34. The first kappa shape index (κ1) is 19.7. The van der Waals surface area contributed by atoms with Crippen LogP contribution in [0.25, 0.3) is 0 Å². The van der Waals surface area contributed by atoms with E-state index >= 15 is 0 Å². The predicted octanol–water partition coefficient (Wildman–Crippen LogP) is 3.64. The Morgan fingerprint density at radius 1 is 1.14 bits per heavy atom. The quantitative estimate of drug-likeness (QED) is 0.347. The molecule has 0 aromatic rings. The molecule has 1 amide bonds. The molecule has 0 aliphatic rings. The monoisotopic (exact) mass is 315 g/mol. The highest BCUT2D eigenvalue weighted by Crippen LogP contribution is 2.07. The van der Waals surface area contributed by atoms with E-state index in [1.165, 1.54) is 0 Å². The van der Waals surface area contributed by atoms with E-state index in [0.717, 1.165) is 31.7 Å². The molecular formula is C15H29NO4Si. The van der Waals surface area contributed by atoms with Crippen LogP contribution in [-0.4, -0.2) is 38.4 Å². The van der Waals surface area contributed by atoms with E-state index in [0.29, 0.717) is 13.2 Å². The molecule has 0 saturated carbocycles. The number of ether oxygens (including phenoxy) is 1. The van der Waals surface area contributed by atoms with Crippen molar-refractivity contribution < 1.29 is 19.4 Å². The maximum absolute atomic E-state index is 11.4. The molecule has 0 aliphatic carbocycles. The lowest BCUT2D eigenvalue weighted by Gasteiger charge is -2.15. The zero-order valence-corrected chi connectivity index (χ0v) is 14.5. The molecule has 6 heteroatoms. The van der Waals surface area contributed by atoms with Gasteiger partial charge < -0.3 is 15.2 Å². The lowest BCUT2D eigenvalue weighted by atomic mass is 10.2. The lowest BCUT2D eigenvalue weighted by Crippen LogP contribution is -2.28. The van der Waals surface area contributed by atoms with Crippen molar-refractivity contribution in [1.29, 1.82) is 0 Å². The molecule has 0 atom stereocenters. The number of aliphatic carboxylic acids is 1. The Bertz CT molecular complexity index is 337. The molecule has 0 bridgehead atoms. The topological polar surface area (TPSA) is 75.6 Å². The zero-order chi connectivity index (χ0) is 16.1. The molecule has 0 rings (SSSR count). The second-order valence-corrected chi connectivity index (χ2v) is 11.9. The first-order valence-corrected chi connectivity index (χ1v) is 11.3. The van der Waals surface area contributed by atoms with Crippen LogP contribution in [0.1, 0.15) is 32.1 Å². The van der Waals surface area contributed by atoms with Gasteiger partial charge in [0, 0.05) is 14.6 Å². The fourth-order valence-corrected chi connectivity index (χ4v) is 2.27. The number of hydrogen-bond donors (Lipinski definition) is 2. The first-order chi connectivity index (χ1) is 9.81. The van der Waals surface area contributed by atoms with Gasteiger partial charge in [0.25, 0.3) is 0 Å². The molecule has 5 nitrogen and oxygen atoms in total. The van der Waals surface area contributed by atoms with Gasteiger partial charge in [0.15, 0.2) is 0 Å². The summed E-state index contributed by atoms with van der Waals surface area (Å²) in [6, 6.07) is 0.989. The summed E-state index contributed by atoms with van der Waals surface area (Å²) >= 11 is 0. The maximum Gasteiger partial charge on any atom is 0.407 e. The Balaban J connectivity index is 3.36. The van der Waals surface area contributed by atoms with Crippen molar-refractivity contribution in [3.8, 4) is 0 Å². The Morgan fingerprint density at radius 3 is 2.48 bits per heavy atom. The van der Waals surface area contributed by atoms with Crippen LogP contribution in [-0.2, 0) is 9.53 Å². The first-order valence-electron chi connectivity index (χ1n) is 7.59. The fourth-order valence-electron chi connectivity index (χ4n) is 1.56. The number of carboxylic acid groups (broad SMARTS) is 1. The van der Waals surface area contributed by atoms with Gasteiger partial charge in [0.05, 0.1) is 13.0 Å². The highest BCUT2D eigenvalue weighted by molar-refractivity contribution is 6.76. The predicted molar refractivity (Wildman–Crippen MR) is 87.4 cm³/mol. The summed E-state index contributed by atoms with van der Waals surface area (Å²) in [5.41, 5.74) is 0. The smallest absolute Gasteiger partial charge is 0.407 e. The molecule has 0 aliphatic heterocycles. The van der Waals surface area contributed by atoms with Crippen molar-refractivity contribution in [2.24, 2.45) is 0 Å². The van der Waals surface area contributed by atoms with E-state index in [-0.39, 0.29) is 12.5 Å². The van der Waals surface area contributed by atoms with Gasteiger partial charge in [-0.25, -0.2) is 4.79 Å². The van der Waals surface area contributed by atoms with Crippen molar-refractivity contribution in [3.05, 3.63) is 12.2 Å². The van der Waals surface area contributed by atoms with E-state index in [2.05, 4.69) is 25.0 Å². The molecule has 0 unspecified atom stereocenters. The minimum Gasteiger partial charge on any atom is -0.481 e. The number of carbonyl (C=O) groups is 2. The Hall–Kier alpha value is -1.30. The van der Waals surface area contributed by atoms with E-state index in [1.54, 1.807) is 6.08 Å². The van der Waals surface area contributed by atoms with Crippen molar-refractivity contribution in [2.75, 3.05) is 13.2 Å². The molecule has 0 spiro atoms. The SMILES string of the molecule is C[Si](C)(C)CCOC(=O)NCCCCCC=CCC(=O)O. The Morgan fingerprint density at radius 2 is 1.86 bits per heavy atom. The molecule has 122 valence electrons. The van der Waals surface area contributed by atoms with Gasteiger partial charge in [-0.1, -0.05) is 38.2 Å². The number of carboxylic acids is 1. The second-order valence-electron chi connectivity index (χ2n) is 6.29. The summed E-state index contributed by atoms with van der Waals surface area (Å²) in [4.78, 5) is 21.6. The molecule has 0 aromatic heterocycles. The molecule has 0 heterocycles. The minimum atomic E-state index is -1.14. The Kier molecular flexibility index (Phi) is 10.7. The van der Waals surface area contributed by atoms with Crippen molar-refractivity contribution >= 4 is 20.1 Å². The summed E-state index contributed by atoms with van der Waals surface area (Å²) in [5, 5.41) is 11.2. The van der Waals surface area contributed by atoms with Crippen LogP contribution < -0.4 is 5.32 Å². The standard InChI is InChI=1S/C15H29NO4Si/c1-21(2,3)13-12-20-15(19)16-11-9-7-5-4-6-8-10-14(17)18/h6,8H,4-5,7,9-13H2,1-3H3,(H,16,19)(H,17,18). The molecule has 0 radical (unpaired) electrons. The number of nitrogens with one attached hydrogen (secondary N) is 1. The number of carbonyl (C=O) groups excluding carboxylic acids is 1. The number of allylic oxidation sites excluding steroid dienone is 1. The van der Waals surface area contributed by atoms with Crippen molar-refractivity contribution in [2.45, 2.75) is 57.8 Å². The molecule has 0 aromatic carbocycles. The van der Waals surface area contributed by atoms with Crippen LogP contribution in [0.2, 0.25) is 25.7 Å². The summed E-state index contributed by atoms with van der Waals surface area (Å²) in [5.74, 6) is -0.803. The van der Waals surface area contributed by atoms with Gasteiger partial charge in [-0.2, -0.15) is 0 Å². The maximum atomic E-state index is 11.4. The third-order valence-corrected chi connectivity index (χ3v) is 4.57. The summed E-state index contributed by atoms with van der Waals surface area (Å²) in [6.07, 6.45) is 7.14. The second kappa shape index (κ2) is 11.4. The molecule has 21 heavy (non-hydrogen) atoms. The Labute approximate surface area is 128 Å². The zero-order valence-electron chi connectivity index (χ0n) is 13.5. The number of unbranched alkanes of at least 4 members (excludes halogenated alkanes) is 3. The van der Waals surface area contributed by atoms with Crippen LogP contribution in [0, 0.1) is 0 Å². The summed E-state index contributed by atoms with van der Waals surface area (Å²) in [7, 11) is -1.14. The van der Waals surface area contributed by atoms with Crippen molar-refractivity contribution in [3.63, 3.8) is 0 Å². The molecule has 0 saturated heterocycles. The highest BCUT2D eigenvalue weighted by Gasteiger charge is 2.13. The third-order valence-electron chi connectivity index (χ3n) is 2.86.